The topological polar surface area (TPSA) is 43.4 Å². The maximum atomic E-state index is 6.11. The Labute approximate surface area is 113 Å². The number of nitrogens with one attached hydrogen (secondary N) is 1. The fourth-order valence-electron chi connectivity index (χ4n) is 1.83. The number of ether oxygens (including phenoxy) is 2. The monoisotopic (exact) mass is 270 g/mol. The lowest BCUT2D eigenvalue weighted by Gasteiger charge is -2.12. The molecular weight excluding hydrogens is 252 g/mol. The summed E-state index contributed by atoms with van der Waals surface area (Å²) in [5.41, 5.74) is 1.02. The second kappa shape index (κ2) is 6.92. The molecule has 2 heterocycles. The van der Waals surface area contributed by atoms with Gasteiger partial charge in [0.1, 0.15) is 6.10 Å². The van der Waals surface area contributed by atoms with Crippen LogP contribution in [0.15, 0.2) is 12.3 Å². The van der Waals surface area contributed by atoms with Crippen LogP contribution in [0.25, 0.3) is 0 Å². The molecule has 100 valence electrons. The van der Waals surface area contributed by atoms with Crippen molar-refractivity contribution in [1.82, 2.24) is 10.3 Å². The summed E-state index contributed by atoms with van der Waals surface area (Å²) in [7, 11) is 0. The molecule has 0 aromatic carbocycles. The number of nitrogens with zero attached hydrogens (tertiary/aromatic N) is 1. The van der Waals surface area contributed by atoms with E-state index in [-0.39, 0.29) is 6.10 Å². The van der Waals surface area contributed by atoms with E-state index >= 15 is 0 Å². The highest BCUT2D eigenvalue weighted by Crippen LogP contribution is 2.21. The van der Waals surface area contributed by atoms with E-state index in [9.17, 15) is 0 Å². The zero-order valence-corrected chi connectivity index (χ0v) is 11.4. The van der Waals surface area contributed by atoms with Gasteiger partial charge >= 0.3 is 0 Å². The van der Waals surface area contributed by atoms with Gasteiger partial charge in [0.15, 0.2) is 0 Å². The molecule has 1 aromatic heterocycles. The normalized spacial score (nSPS) is 19.1. The predicted molar refractivity (Wildman–Crippen MR) is 71.1 cm³/mol. The lowest BCUT2D eigenvalue weighted by Crippen LogP contribution is -2.17. The number of hydrogen-bond acceptors (Lipinski definition) is 4. The molecule has 1 aliphatic heterocycles. The van der Waals surface area contributed by atoms with Gasteiger partial charge in [-0.15, -0.1) is 0 Å². The minimum absolute atomic E-state index is 0.120. The van der Waals surface area contributed by atoms with Gasteiger partial charge in [0.05, 0.1) is 18.2 Å². The predicted octanol–water partition coefficient (Wildman–Crippen LogP) is 2.40. The summed E-state index contributed by atoms with van der Waals surface area (Å²) in [6.07, 6.45) is 3.80. The Balaban J connectivity index is 1.96. The van der Waals surface area contributed by atoms with Crippen LogP contribution in [0.2, 0.25) is 5.02 Å². The molecule has 0 amide bonds. The molecule has 0 aliphatic carbocycles. The van der Waals surface area contributed by atoms with E-state index in [1.54, 1.807) is 6.20 Å². The summed E-state index contributed by atoms with van der Waals surface area (Å²) < 4.78 is 11.0. The minimum Gasteiger partial charge on any atom is -0.472 e. The maximum Gasteiger partial charge on any atom is 0.213 e. The molecular formula is C13H19ClN2O2. The van der Waals surface area contributed by atoms with Gasteiger partial charge in [0, 0.05) is 25.2 Å². The third-order valence-electron chi connectivity index (χ3n) is 2.83. The van der Waals surface area contributed by atoms with Gasteiger partial charge in [0.25, 0.3) is 0 Å². The van der Waals surface area contributed by atoms with Gasteiger partial charge in [0.2, 0.25) is 5.88 Å². The van der Waals surface area contributed by atoms with E-state index in [0.29, 0.717) is 17.5 Å². The van der Waals surface area contributed by atoms with Gasteiger partial charge in [-0.25, -0.2) is 4.98 Å². The first kappa shape index (κ1) is 13.6. The van der Waals surface area contributed by atoms with Crippen molar-refractivity contribution in [2.75, 3.05) is 19.8 Å². The van der Waals surface area contributed by atoms with Gasteiger partial charge in [-0.3, -0.25) is 0 Å². The molecule has 1 aliphatic rings. The van der Waals surface area contributed by atoms with Gasteiger partial charge < -0.3 is 14.8 Å². The second-order valence-electron chi connectivity index (χ2n) is 4.39. The van der Waals surface area contributed by atoms with Crippen molar-refractivity contribution in [2.45, 2.75) is 32.4 Å². The van der Waals surface area contributed by atoms with Crippen LogP contribution in [-0.2, 0) is 11.3 Å². The molecule has 1 unspecified atom stereocenters. The highest BCUT2D eigenvalue weighted by molar-refractivity contribution is 6.31. The van der Waals surface area contributed by atoms with Crippen molar-refractivity contribution in [1.29, 1.82) is 0 Å². The van der Waals surface area contributed by atoms with Crippen LogP contribution in [0.1, 0.15) is 25.3 Å². The molecule has 0 spiro atoms. The molecule has 0 saturated carbocycles. The van der Waals surface area contributed by atoms with Crippen molar-refractivity contribution in [3.63, 3.8) is 0 Å². The van der Waals surface area contributed by atoms with Crippen molar-refractivity contribution >= 4 is 11.6 Å². The van der Waals surface area contributed by atoms with E-state index in [2.05, 4.69) is 17.2 Å². The van der Waals surface area contributed by atoms with Crippen LogP contribution >= 0.6 is 11.6 Å². The molecule has 1 saturated heterocycles. The van der Waals surface area contributed by atoms with E-state index in [4.69, 9.17) is 21.1 Å². The largest absolute Gasteiger partial charge is 0.472 e. The van der Waals surface area contributed by atoms with E-state index in [1.807, 2.05) is 6.07 Å². The number of pyridine rings is 1. The average Bonchev–Trinajstić information content (AvgIpc) is 2.86. The SMILES string of the molecule is CCCNCc1cc(OC2CCOC2)ncc1Cl. The first-order chi connectivity index (χ1) is 8.79. The van der Waals surface area contributed by atoms with E-state index < -0.39 is 0 Å². The first-order valence-corrected chi connectivity index (χ1v) is 6.77. The summed E-state index contributed by atoms with van der Waals surface area (Å²) in [5, 5.41) is 4.00. The molecule has 1 atom stereocenters. The lowest BCUT2D eigenvalue weighted by atomic mass is 10.2. The second-order valence-corrected chi connectivity index (χ2v) is 4.80. The van der Waals surface area contributed by atoms with Crippen LogP contribution in [0, 0.1) is 0 Å². The van der Waals surface area contributed by atoms with Crippen LogP contribution < -0.4 is 10.1 Å². The van der Waals surface area contributed by atoms with Crippen molar-refractivity contribution < 1.29 is 9.47 Å². The quantitative estimate of drug-likeness (QED) is 0.806. The maximum absolute atomic E-state index is 6.11. The number of hydrogen-bond donors (Lipinski definition) is 1. The zero-order valence-electron chi connectivity index (χ0n) is 10.6. The molecule has 0 bridgehead atoms. The number of rotatable bonds is 6. The third-order valence-corrected chi connectivity index (χ3v) is 3.17. The van der Waals surface area contributed by atoms with Gasteiger partial charge in [-0.05, 0) is 18.5 Å². The minimum atomic E-state index is 0.120. The number of halogens is 1. The van der Waals surface area contributed by atoms with Crippen LogP contribution in [-0.4, -0.2) is 30.8 Å². The molecule has 1 aromatic rings. The van der Waals surface area contributed by atoms with Crippen molar-refractivity contribution in [3.8, 4) is 5.88 Å². The van der Waals surface area contributed by atoms with E-state index in [0.717, 1.165) is 38.1 Å². The van der Waals surface area contributed by atoms with Gasteiger partial charge in [-0.2, -0.15) is 0 Å². The zero-order chi connectivity index (χ0) is 12.8. The standard InChI is InChI=1S/C13H19ClN2O2/c1-2-4-15-7-10-6-13(16-8-12(10)14)18-11-3-5-17-9-11/h6,8,11,15H,2-5,7,9H2,1H3. The van der Waals surface area contributed by atoms with Crippen molar-refractivity contribution in [3.05, 3.63) is 22.8 Å². The van der Waals surface area contributed by atoms with Crippen LogP contribution in [0.5, 0.6) is 5.88 Å². The molecule has 1 fully saturated rings. The number of aromatic nitrogens is 1. The summed E-state index contributed by atoms with van der Waals surface area (Å²) in [6.45, 7) is 5.27. The highest BCUT2D eigenvalue weighted by atomic mass is 35.5. The Hall–Kier alpha value is -0.840. The summed E-state index contributed by atoms with van der Waals surface area (Å²) in [5.74, 6) is 0.628. The lowest BCUT2D eigenvalue weighted by molar-refractivity contribution is 0.138. The van der Waals surface area contributed by atoms with Gasteiger partial charge in [-0.1, -0.05) is 18.5 Å². The Bertz CT molecular complexity index is 381. The van der Waals surface area contributed by atoms with E-state index in [1.165, 1.54) is 0 Å². The smallest absolute Gasteiger partial charge is 0.213 e. The Kier molecular flexibility index (Phi) is 5.23. The Morgan fingerprint density at radius 2 is 2.50 bits per heavy atom. The molecule has 4 nitrogen and oxygen atoms in total. The summed E-state index contributed by atoms with van der Waals surface area (Å²) >= 11 is 6.11. The fraction of sp³-hybridized carbons (Fsp3) is 0.615. The van der Waals surface area contributed by atoms with Crippen LogP contribution in [0.4, 0.5) is 0 Å². The third kappa shape index (κ3) is 3.83. The Morgan fingerprint density at radius 1 is 1.61 bits per heavy atom. The average molecular weight is 271 g/mol. The first-order valence-electron chi connectivity index (χ1n) is 6.39. The fourth-order valence-corrected chi connectivity index (χ4v) is 2.00. The molecule has 0 radical (unpaired) electrons. The van der Waals surface area contributed by atoms with Crippen molar-refractivity contribution in [2.24, 2.45) is 0 Å². The molecule has 1 N–H and O–H groups in total. The summed E-state index contributed by atoms with van der Waals surface area (Å²) in [6, 6.07) is 1.91. The highest BCUT2D eigenvalue weighted by Gasteiger charge is 2.18. The summed E-state index contributed by atoms with van der Waals surface area (Å²) in [4.78, 5) is 4.19. The molecule has 2 rings (SSSR count). The molecule has 5 heteroatoms. The Morgan fingerprint density at radius 3 is 3.22 bits per heavy atom. The van der Waals surface area contributed by atoms with Crippen LogP contribution in [0.3, 0.4) is 0 Å². The molecule has 18 heavy (non-hydrogen) atoms.